The second-order valence-electron chi connectivity index (χ2n) is 7.07. The maximum atomic E-state index is 5.26. The van der Waals surface area contributed by atoms with Crippen LogP contribution in [0, 0.1) is 20.8 Å². The Morgan fingerprint density at radius 3 is 1.95 bits per heavy atom. The topological polar surface area (TPSA) is 51.8 Å². The van der Waals surface area contributed by atoms with Gasteiger partial charge in [0.15, 0.2) is 11.5 Å². The molecule has 0 saturated carbocycles. The third kappa shape index (κ3) is 9.77. The molecule has 0 unspecified atom stereocenters. The van der Waals surface area contributed by atoms with Crippen molar-refractivity contribution >= 4 is 43.4 Å². The molecular weight excluding hydrogens is 474 g/mol. The fraction of sp³-hybridized carbons (Fsp3) is 0.281. The average molecular weight is 516 g/mol. The van der Waals surface area contributed by atoms with Gasteiger partial charge in [-0.2, -0.15) is 0 Å². The molecule has 6 aromatic rings. The standard InChI is InChI=1S/C10H9N.C8H7NO.C8H7NS.3C2H6/c1-8-3-2-4-9-7-11-6-5-10(8)9;2*1-6-9-7-4-2-3-5-8(7)10-6;3*1-2/h2-7H,1H3;2*2-5H,1H3;3*1-2H3. The molecule has 0 atom stereocenters. The normalized spacial score (nSPS) is 9.22. The van der Waals surface area contributed by atoms with E-state index >= 15 is 0 Å². The maximum Gasteiger partial charge on any atom is 0.192 e. The first-order valence-electron chi connectivity index (χ1n) is 13.0. The number of nitrogens with zero attached hydrogens (tertiary/aromatic N) is 3. The van der Waals surface area contributed by atoms with Gasteiger partial charge in [-0.25, -0.2) is 9.97 Å². The summed E-state index contributed by atoms with van der Waals surface area (Å²) in [7, 11) is 0. The molecule has 0 radical (unpaired) electrons. The van der Waals surface area contributed by atoms with E-state index in [-0.39, 0.29) is 0 Å². The van der Waals surface area contributed by atoms with Crippen LogP contribution < -0.4 is 0 Å². The molecule has 6 rings (SSSR count). The number of oxazole rings is 1. The van der Waals surface area contributed by atoms with Crippen molar-refractivity contribution in [1.82, 2.24) is 15.0 Å². The Morgan fingerprint density at radius 1 is 0.649 bits per heavy atom. The summed E-state index contributed by atoms with van der Waals surface area (Å²) in [5, 5.41) is 3.65. The molecule has 0 aliphatic carbocycles. The van der Waals surface area contributed by atoms with Crippen LogP contribution in [0.2, 0.25) is 0 Å². The van der Waals surface area contributed by atoms with Crippen molar-refractivity contribution in [3.05, 3.63) is 102 Å². The highest BCUT2D eigenvalue weighted by Gasteiger charge is 1.97. The quantitative estimate of drug-likeness (QED) is 0.202. The van der Waals surface area contributed by atoms with E-state index in [0.29, 0.717) is 0 Å². The Kier molecular flexibility index (Phi) is 15.1. The number of fused-ring (bicyclic) bond motifs is 3. The van der Waals surface area contributed by atoms with Crippen LogP contribution in [-0.4, -0.2) is 15.0 Å². The molecule has 4 nitrogen and oxygen atoms in total. The van der Waals surface area contributed by atoms with Gasteiger partial charge in [0.05, 0.1) is 15.2 Å². The zero-order valence-electron chi connectivity index (χ0n) is 23.7. The number of thiazole rings is 1. The molecule has 37 heavy (non-hydrogen) atoms. The van der Waals surface area contributed by atoms with E-state index in [1.807, 2.05) is 116 Å². The Hall–Kier alpha value is -3.57. The van der Waals surface area contributed by atoms with Crippen molar-refractivity contribution in [2.75, 3.05) is 0 Å². The van der Waals surface area contributed by atoms with Gasteiger partial charge in [-0.3, -0.25) is 4.98 Å². The summed E-state index contributed by atoms with van der Waals surface area (Å²) in [6, 6.07) is 24.2. The first kappa shape index (κ1) is 31.5. The smallest absolute Gasteiger partial charge is 0.192 e. The monoisotopic (exact) mass is 515 g/mol. The zero-order chi connectivity index (χ0) is 27.6. The van der Waals surface area contributed by atoms with Crippen molar-refractivity contribution in [2.24, 2.45) is 0 Å². The van der Waals surface area contributed by atoms with Crippen LogP contribution in [0.4, 0.5) is 0 Å². The molecule has 0 spiro atoms. The fourth-order valence-electron chi connectivity index (χ4n) is 3.26. The van der Waals surface area contributed by atoms with Gasteiger partial charge in [0, 0.05) is 24.7 Å². The second-order valence-corrected chi connectivity index (χ2v) is 8.31. The van der Waals surface area contributed by atoms with E-state index in [1.54, 1.807) is 11.3 Å². The number of hydrogen-bond acceptors (Lipinski definition) is 5. The van der Waals surface area contributed by atoms with Crippen LogP contribution in [0.25, 0.3) is 32.1 Å². The predicted octanol–water partition coefficient (Wildman–Crippen LogP) is 10.4. The summed E-state index contributed by atoms with van der Waals surface area (Å²) in [5.74, 6) is 0.723. The minimum Gasteiger partial charge on any atom is -0.441 e. The number of para-hydroxylation sites is 3. The van der Waals surface area contributed by atoms with Crippen molar-refractivity contribution in [3.63, 3.8) is 0 Å². The molecule has 0 aliphatic rings. The van der Waals surface area contributed by atoms with E-state index in [9.17, 15) is 0 Å². The highest BCUT2D eigenvalue weighted by Crippen LogP contribution is 2.20. The van der Waals surface area contributed by atoms with Gasteiger partial charge < -0.3 is 4.42 Å². The summed E-state index contributed by atoms with van der Waals surface area (Å²) in [5.41, 5.74) is 4.22. The minimum atomic E-state index is 0.723. The molecule has 3 aromatic heterocycles. The first-order valence-corrected chi connectivity index (χ1v) is 13.9. The average Bonchev–Trinajstić information content (AvgIpc) is 3.53. The van der Waals surface area contributed by atoms with Crippen molar-refractivity contribution in [1.29, 1.82) is 0 Å². The van der Waals surface area contributed by atoms with Gasteiger partial charge in [0.25, 0.3) is 0 Å². The summed E-state index contributed by atoms with van der Waals surface area (Å²) >= 11 is 1.74. The molecular formula is C32H41N3OS. The Morgan fingerprint density at radius 2 is 1.30 bits per heavy atom. The lowest BCUT2D eigenvalue weighted by Gasteiger charge is -1.98. The van der Waals surface area contributed by atoms with Gasteiger partial charge in [0.2, 0.25) is 0 Å². The van der Waals surface area contributed by atoms with E-state index in [2.05, 4.69) is 46.1 Å². The number of rotatable bonds is 0. The van der Waals surface area contributed by atoms with Gasteiger partial charge in [0.1, 0.15) is 5.52 Å². The van der Waals surface area contributed by atoms with Crippen LogP contribution in [-0.2, 0) is 0 Å². The molecule has 0 saturated heterocycles. The molecule has 0 N–H and O–H groups in total. The Bertz CT molecular complexity index is 1290. The first-order chi connectivity index (χ1) is 18.1. The molecule has 3 heterocycles. The van der Waals surface area contributed by atoms with Crippen LogP contribution >= 0.6 is 11.3 Å². The Balaban J connectivity index is 0.000000252. The van der Waals surface area contributed by atoms with Gasteiger partial charge in [-0.05, 0) is 55.1 Å². The molecule has 0 amide bonds. The Labute approximate surface area is 226 Å². The summed E-state index contributed by atoms with van der Waals surface area (Å²) < 4.78 is 6.53. The number of aryl methyl sites for hydroxylation is 3. The summed E-state index contributed by atoms with van der Waals surface area (Å²) in [6.45, 7) is 18.0. The van der Waals surface area contributed by atoms with Crippen molar-refractivity contribution < 1.29 is 4.42 Å². The van der Waals surface area contributed by atoms with Crippen LogP contribution in [0.15, 0.2) is 89.6 Å². The lowest BCUT2D eigenvalue weighted by Crippen LogP contribution is -1.77. The largest absolute Gasteiger partial charge is 0.441 e. The fourth-order valence-corrected chi connectivity index (χ4v) is 4.09. The van der Waals surface area contributed by atoms with E-state index in [0.717, 1.165) is 27.5 Å². The highest BCUT2D eigenvalue weighted by atomic mass is 32.1. The van der Waals surface area contributed by atoms with Gasteiger partial charge >= 0.3 is 0 Å². The van der Waals surface area contributed by atoms with Gasteiger partial charge in [-0.15, -0.1) is 11.3 Å². The SMILES string of the molecule is CC.CC.CC.Cc1cccc2cnccc12.Cc1nc2ccccc2o1.Cc1nc2ccccc2s1. The van der Waals surface area contributed by atoms with Crippen LogP contribution in [0.1, 0.15) is 58.0 Å². The summed E-state index contributed by atoms with van der Waals surface area (Å²) in [4.78, 5) is 12.5. The molecule has 0 fully saturated rings. The molecule has 0 aliphatic heterocycles. The van der Waals surface area contributed by atoms with Gasteiger partial charge in [-0.1, -0.05) is 84.0 Å². The number of pyridine rings is 1. The third-order valence-corrected chi connectivity index (χ3v) is 5.65. The highest BCUT2D eigenvalue weighted by molar-refractivity contribution is 7.18. The van der Waals surface area contributed by atoms with E-state index < -0.39 is 0 Å². The molecule has 196 valence electrons. The maximum absolute atomic E-state index is 5.26. The van der Waals surface area contributed by atoms with Crippen LogP contribution in [0.5, 0.6) is 0 Å². The van der Waals surface area contributed by atoms with Crippen molar-refractivity contribution in [3.8, 4) is 0 Å². The number of hydrogen-bond donors (Lipinski definition) is 0. The molecule has 0 bridgehead atoms. The zero-order valence-corrected chi connectivity index (χ0v) is 24.6. The summed E-state index contributed by atoms with van der Waals surface area (Å²) in [6.07, 6.45) is 3.72. The molecule has 5 heteroatoms. The van der Waals surface area contributed by atoms with E-state index in [4.69, 9.17) is 4.42 Å². The predicted molar refractivity (Wildman–Crippen MR) is 164 cm³/mol. The lowest BCUT2D eigenvalue weighted by molar-refractivity contribution is 0.561. The second kappa shape index (κ2) is 17.8. The van der Waals surface area contributed by atoms with Crippen LogP contribution in [0.3, 0.4) is 0 Å². The van der Waals surface area contributed by atoms with E-state index in [1.165, 1.54) is 21.0 Å². The molecule has 3 aromatic carbocycles. The number of aromatic nitrogens is 3. The van der Waals surface area contributed by atoms with Crippen molar-refractivity contribution in [2.45, 2.75) is 62.3 Å². The number of benzene rings is 3. The minimum absolute atomic E-state index is 0.723. The third-order valence-electron chi connectivity index (χ3n) is 4.70. The lowest BCUT2D eigenvalue weighted by atomic mass is 10.1.